The van der Waals surface area contributed by atoms with E-state index in [1.807, 2.05) is 0 Å². The molecule has 24 heavy (non-hydrogen) atoms. The second-order valence-corrected chi connectivity index (χ2v) is 6.20. The van der Waals surface area contributed by atoms with Crippen molar-refractivity contribution < 1.29 is 9.53 Å². The van der Waals surface area contributed by atoms with Gasteiger partial charge in [0.05, 0.1) is 12.2 Å². The second-order valence-electron chi connectivity index (χ2n) is 6.20. The standard InChI is InChI=1S/C16H28N6O2/c1-12(22-10-13(2)24-14(3)11-22)9-21-16(23)20-8-7-19-15-17-5-4-6-18-15/h4-6,12-14H,7-11H2,1-3H3,(H,17,18,19)(H2,20,21,23). The number of carbonyl (C=O) groups is 1. The number of aromatic nitrogens is 2. The lowest BCUT2D eigenvalue weighted by molar-refractivity contribution is -0.0778. The van der Waals surface area contributed by atoms with Crippen LogP contribution in [0.15, 0.2) is 18.5 Å². The smallest absolute Gasteiger partial charge is 0.314 e. The molecular formula is C16H28N6O2. The summed E-state index contributed by atoms with van der Waals surface area (Å²) in [6.45, 7) is 9.78. The fourth-order valence-corrected chi connectivity index (χ4v) is 2.75. The summed E-state index contributed by atoms with van der Waals surface area (Å²) in [6.07, 6.45) is 3.81. The molecule has 1 aliphatic rings. The third-order valence-corrected chi connectivity index (χ3v) is 3.89. The van der Waals surface area contributed by atoms with Crippen LogP contribution in [-0.2, 0) is 4.74 Å². The van der Waals surface area contributed by atoms with Crippen molar-refractivity contribution in [3.8, 4) is 0 Å². The Morgan fingerprint density at radius 1 is 1.25 bits per heavy atom. The van der Waals surface area contributed by atoms with Crippen LogP contribution >= 0.6 is 0 Å². The normalized spacial score (nSPS) is 22.6. The van der Waals surface area contributed by atoms with Gasteiger partial charge in [-0.15, -0.1) is 0 Å². The Balaban J connectivity index is 1.58. The van der Waals surface area contributed by atoms with Crippen molar-refractivity contribution in [1.29, 1.82) is 0 Å². The summed E-state index contributed by atoms with van der Waals surface area (Å²) in [7, 11) is 0. The maximum atomic E-state index is 11.8. The summed E-state index contributed by atoms with van der Waals surface area (Å²) in [4.78, 5) is 22.3. The third kappa shape index (κ3) is 6.29. The Hall–Kier alpha value is -1.93. The zero-order valence-corrected chi connectivity index (χ0v) is 14.7. The Morgan fingerprint density at radius 3 is 2.58 bits per heavy atom. The highest BCUT2D eigenvalue weighted by Crippen LogP contribution is 2.13. The summed E-state index contributed by atoms with van der Waals surface area (Å²) >= 11 is 0. The van der Waals surface area contributed by atoms with Crippen molar-refractivity contribution in [2.24, 2.45) is 0 Å². The average Bonchev–Trinajstić information content (AvgIpc) is 2.56. The number of carbonyl (C=O) groups excluding carboxylic acids is 1. The lowest BCUT2D eigenvalue weighted by atomic mass is 10.2. The number of urea groups is 1. The number of rotatable bonds is 7. The first-order chi connectivity index (χ1) is 11.5. The van der Waals surface area contributed by atoms with Crippen molar-refractivity contribution in [2.45, 2.75) is 39.0 Å². The van der Waals surface area contributed by atoms with Gasteiger partial charge in [0, 0.05) is 51.2 Å². The molecule has 134 valence electrons. The van der Waals surface area contributed by atoms with Gasteiger partial charge in [-0.2, -0.15) is 0 Å². The number of anilines is 1. The molecule has 2 rings (SSSR count). The van der Waals surface area contributed by atoms with Gasteiger partial charge in [-0.1, -0.05) is 0 Å². The zero-order chi connectivity index (χ0) is 17.4. The molecule has 3 N–H and O–H groups in total. The highest BCUT2D eigenvalue weighted by Gasteiger charge is 2.25. The molecule has 0 bridgehead atoms. The molecule has 1 aromatic rings. The zero-order valence-electron chi connectivity index (χ0n) is 14.7. The van der Waals surface area contributed by atoms with Crippen LogP contribution in [0.2, 0.25) is 0 Å². The molecule has 8 nitrogen and oxygen atoms in total. The molecule has 3 atom stereocenters. The minimum Gasteiger partial charge on any atom is -0.373 e. The highest BCUT2D eigenvalue weighted by atomic mass is 16.5. The van der Waals surface area contributed by atoms with E-state index in [-0.39, 0.29) is 24.3 Å². The number of nitrogens with one attached hydrogen (secondary N) is 3. The summed E-state index contributed by atoms with van der Waals surface area (Å²) in [5.41, 5.74) is 0. The number of amides is 2. The maximum absolute atomic E-state index is 11.8. The fraction of sp³-hybridized carbons (Fsp3) is 0.688. The fourth-order valence-electron chi connectivity index (χ4n) is 2.75. The second kappa shape index (κ2) is 9.39. The van der Waals surface area contributed by atoms with Crippen molar-refractivity contribution in [1.82, 2.24) is 25.5 Å². The van der Waals surface area contributed by atoms with Gasteiger partial charge in [-0.25, -0.2) is 14.8 Å². The van der Waals surface area contributed by atoms with Crippen LogP contribution in [0.1, 0.15) is 20.8 Å². The van der Waals surface area contributed by atoms with E-state index in [1.54, 1.807) is 18.5 Å². The van der Waals surface area contributed by atoms with Gasteiger partial charge >= 0.3 is 6.03 Å². The molecule has 0 spiro atoms. The minimum absolute atomic E-state index is 0.160. The van der Waals surface area contributed by atoms with Gasteiger partial charge in [0.1, 0.15) is 0 Å². The van der Waals surface area contributed by atoms with E-state index in [9.17, 15) is 4.79 Å². The minimum atomic E-state index is -0.160. The maximum Gasteiger partial charge on any atom is 0.314 e. The van der Waals surface area contributed by atoms with Crippen molar-refractivity contribution >= 4 is 12.0 Å². The first kappa shape index (κ1) is 18.4. The van der Waals surface area contributed by atoms with E-state index in [0.29, 0.717) is 25.6 Å². The van der Waals surface area contributed by atoms with E-state index >= 15 is 0 Å². The molecule has 1 fully saturated rings. The molecule has 1 aromatic heterocycles. The molecule has 1 aliphatic heterocycles. The monoisotopic (exact) mass is 336 g/mol. The summed E-state index contributed by atoms with van der Waals surface area (Å²) in [5, 5.41) is 8.77. The van der Waals surface area contributed by atoms with E-state index in [2.05, 4.69) is 51.6 Å². The number of morpholine rings is 1. The SMILES string of the molecule is CC1CN(C(C)CNC(=O)NCCNc2ncccn2)CC(C)O1. The average molecular weight is 336 g/mol. The predicted octanol–water partition coefficient (Wildman–Crippen LogP) is 0.685. The lowest BCUT2D eigenvalue weighted by Crippen LogP contribution is -2.53. The molecule has 2 amide bonds. The first-order valence-corrected chi connectivity index (χ1v) is 8.46. The number of nitrogens with zero attached hydrogens (tertiary/aromatic N) is 3. The number of ether oxygens (including phenoxy) is 1. The quantitative estimate of drug-likeness (QED) is 0.635. The van der Waals surface area contributed by atoms with Crippen LogP contribution < -0.4 is 16.0 Å². The van der Waals surface area contributed by atoms with E-state index in [4.69, 9.17) is 4.74 Å². The van der Waals surface area contributed by atoms with Crippen LogP contribution in [-0.4, -0.2) is 71.9 Å². The molecule has 3 unspecified atom stereocenters. The van der Waals surface area contributed by atoms with Gasteiger partial charge in [0.15, 0.2) is 0 Å². The molecule has 1 saturated heterocycles. The van der Waals surface area contributed by atoms with Crippen LogP contribution in [0.3, 0.4) is 0 Å². The van der Waals surface area contributed by atoms with Crippen LogP contribution in [0.5, 0.6) is 0 Å². The number of hydrogen-bond donors (Lipinski definition) is 3. The van der Waals surface area contributed by atoms with Crippen molar-refractivity contribution in [3.63, 3.8) is 0 Å². The first-order valence-electron chi connectivity index (χ1n) is 8.46. The summed E-state index contributed by atoms with van der Waals surface area (Å²) in [5.74, 6) is 0.559. The van der Waals surface area contributed by atoms with Crippen LogP contribution in [0.25, 0.3) is 0 Å². The highest BCUT2D eigenvalue weighted by molar-refractivity contribution is 5.73. The molecular weight excluding hydrogens is 308 g/mol. The van der Waals surface area contributed by atoms with E-state index in [0.717, 1.165) is 13.1 Å². The molecule has 0 saturated carbocycles. The lowest BCUT2D eigenvalue weighted by Gasteiger charge is -2.38. The van der Waals surface area contributed by atoms with Crippen molar-refractivity contribution in [3.05, 3.63) is 18.5 Å². The topological polar surface area (TPSA) is 91.4 Å². The van der Waals surface area contributed by atoms with Gasteiger partial charge in [-0.3, -0.25) is 4.90 Å². The molecule has 0 radical (unpaired) electrons. The van der Waals surface area contributed by atoms with Gasteiger partial charge in [-0.05, 0) is 26.8 Å². The van der Waals surface area contributed by atoms with Crippen LogP contribution in [0, 0.1) is 0 Å². The van der Waals surface area contributed by atoms with Crippen molar-refractivity contribution in [2.75, 3.05) is 38.0 Å². The molecule has 2 heterocycles. The third-order valence-electron chi connectivity index (χ3n) is 3.89. The molecule has 8 heteroatoms. The Morgan fingerprint density at radius 2 is 1.92 bits per heavy atom. The summed E-state index contributed by atoms with van der Waals surface area (Å²) in [6, 6.07) is 1.88. The largest absolute Gasteiger partial charge is 0.373 e. The van der Waals surface area contributed by atoms with E-state index in [1.165, 1.54) is 0 Å². The Bertz CT molecular complexity index is 491. The Labute approximate surface area is 143 Å². The van der Waals surface area contributed by atoms with E-state index < -0.39 is 0 Å². The number of hydrogen-bond acceptors (Lipinski definition) is 6. The summed E-state index contributed by atoms with van der Waals surface area (Å²) < 4.78 is 5.74. The van der Waals surface area contributed by atoms with Gasteiger partial charge < -0.3 is 20.7 Å². The predicted molar refractivity (Wildman–Crippen MR) is 93.0 cm³/mol. The van der Waals surface area contributed by atoms with Gasteiger partial charge in [0.2, 0.25) is 5.95 Å². The molecule has 0 aliphatic carbocycles. The Kier molecular flexibility index (Phi) is 7.20. The van der Waals surface area contributed by atoms with Gasteiger partial charge in [0.25, 0.3) is 0 Å². The molecule has 0 aromatic carbocycles. The van der Waals surface area contributed by atoms with Crippen LogP contribution in [0.4, 0.5) is 10.7 Å².